The molecule has 1 amide bonds. The Bertz CT molecular complexity index is 149. The summed E-state index contributed by atoms with van der Waals surface area (Å²) in [5, 5.41) is 19.6. The molecular formula is C7H13NO3. The van der Waals surface area contributed by atoms with Gasteiger partial charge in [-0.15, -0.1) is 0 Å². The van der Waals surface area contributed by atoms with Crippen molar-refractivity contribution < 1.29 is 15.0 Å². The minimum Gasteiger partial charge on any atom is -0.465 e. The summed E-state index contributed by atoms with van der Waals surface area (Å²) in [6.45, 7) is 0.0882. The Balaban J connectivity index is 2.37. The van der Waals surface area contributed by atoms with Crippen LogP contribution in [0.4, 0.5) is 4.79 Å². The Morgan fingerprint density at radius 1 is 1.55 bits per heavy atom. The Morgan fingerprint density at radius 2 is 2.27 bits per heavy atom. The van der Waals surface area contributed by atoms with Crippen LogP contribution >= 0.6 is 0 Å². The zero-order valence-corrected chi connectivity index (χ0v) is 6.29. The molecule has 4 nitrogen and oxygen atoms in total. The summed E-state index contributed by atoms with van der Waals surface area (Å²) in [7, 11) is 0. The lowest BCUT2D eigenvalue weighted by Crippen LogP contribution is -2.37. The average molecular weight is 159 g/mol. The zero-order valence-electron chi connectivity index (χ0n) is 6.29. The molecule has 0 aliphatic heterocycles. The molecule has 3 N–H and O–H groups in total. The molecule has 1 fully saturated rings. The SMILES string of the molecule is O=C(O)N[C@H]1CCC[C@@H]1CO. The van der Waals surface area contributed by atoms with E-state index in [1.54, 1.807) is 0 Å². The van der Waals surface area contributed by atoms with Crippen molar-refractivity contribution in [3.8, 4) is 0 Å². The molecule has 0 spiro atoms. The first-order valence-corrected chi connectivity index (χ1v) is 3.84. The molecule has 0 saturated heterocycles. The number of hydrogen-bond acceptors (Lipinski definition) is 2. The quantitative estimate of drug-likeness (QED) is 0.546. The molecular weight excluding hydrogens is 146 g/mol. The van der Waals surface area contributed by atoms with Gasteiger partial charge in [0.25, 0.3) is 0 Å². The van der Waals surface area contributed by atoms with Crippen LogP contribution in [-0.4, -0.2) is 29.0 Å². The van der Waals surface area contributed by atoms with E-state index in [4.69, 9.17) is 10.2 Å². The fraction of sp³-hybridized carbons (Fsp3) is 0.857. The Kier molecular flexibility index (Phi) is 2.70. The second-order valence-electron chi connectivity index (χ2n) is 2.93. The zero-order chi connectivity index (χ0) is 8.27. The van der Waals surface area contributed by atoms with Gasteiger partial charge in [0.05, 0.1) is 0 Å². The average Bonchev–Trinajstić information content (AvgIpc) is 2.34. The van der Waals surface area contributed by atoms with Gasteiger partial charge in [0.1, 0.15) is 0 Å². The fourth-order valence-electron chi connectivity index (χ4n) is 1.60. The fourth-order valence-corrected chi connectivity index (χ4v) is 1.60. The maximum absolute atomic E-state index is 10.2. The molecule has 4 heteroatoms. The molecule has 64 valence electrons. The highest BCUT2D eigenvalue weighted by Crippen LogP contribution is 2.24. The summed E-state index contributed by atoms with van der Waals surface area (Å²) >= 11 is 0. The highest BCUT2D eigenvalue weighted by Gasteiger charge is 2.27. The number of carboxylic acid groups (broad SMARTS) is 1. The van der Waals surface area contributed by atoms with Crippen LogP contribution in [-0.2, 0) is 0 Å². The molecule has 1 aliphatic carbocycles. The molecule has 0 heterocycles. The molecule has 1 aliphatic rings. The number of nitrogens with one attached hydrogen (secondary N) is 1. The molecule has 0 aromatic rings. The first-order chi connectivity index (χ1) is 5.24. The van der Waals surface area contributed by atoms with E-state index in [0.29, 0.717) is 0 Å². The number of rotatable bonds is 2. The van der Waals surface area contributed by atoms with Crippen molar-refractivity contribution in [1.82, 2.24) is 5.32 Å². The Hall–Kier alpha value is -0.770. The van der Waals surface area contributed by atoms with Crippen LogP contribution in [0.5, 0.6) is 0 Å². The van der Waals surface area contributed by atoms with Crippen LogP contribution in [0.1, 0.15) is 19.3 Å². The maximum atomic E-state index is 10.2. The lowest BCUT2D eigenvalue weighted by molar-refractivity contribution is 0.173. The molecule has 0 aromatic carbocycles. The number of amides is 1. The van der Waals surface area contributed by atoms with Gasteiger partial charge in [-0.25, -0.2) is 4.79 Å². The van der Waals surface area contributed by atoms with E-state index in [-0.39, 0.29) is 18.6 Å². The van der Waals surface area contributed by atoms with Crippen LogP contribution in [0.15, 0.2) is 0 Å². The summed E-state index contributed by atoms with van der Waals surface area (Å²) in [6.07, 6.45) is 1.81. The number of hydrogen-bond donors (Lipinski definition) is 3. The van der Waals surface area contributed by atoms with Gasteiger partial charge < -0.3 is 15.5 Å². The molecule has 0 bridgehead atoms. The predicted molar refractivity (Wildman–Crippen MR) is 39.4 cm³/mol. The van der Waals surface area contributed by atoms with Gasteiger partial charge in [0, 0.05) is 18.6 Å². The third-order valence-corrected chi connectivity index (χ3v) is 2.20. The largest absolute Gasteiger partial charge is 0.465 e. The van der Waals surface area contributed by atoms with Crippen molar-refractivity contribution in [2.75, 3.05) is 6.61 Å². The van der Waals surface area contributed by atoms with Crippen LogP contribution in [0.25, 0.3) is 0 Å². The summed E-state index contributed by atoms with van der Waals surface area (Å²) in [5.74, 6) is 0.131. The van der Waals surface area contributed by atoms with Gasteiger partial charge in [0.2, 0.25) is 0 Å². The monoisotopic (exact) mass is 159 g/mol. The van der Waals surface area contributed by atoms with Gasteiger partial charge in [-0.3, -0.25) is 0 Å². The van der Waals surface area contributed by atoms with Gasteiger partial charge in [-0.1, -0.05) is 6.42 Å². The van der Waals surface area contributed by atoms with E-state index < -0.39 is 6.09 Å². The molecule has 0 aromatic heterocycles. The van der Waals surface area contributed by atoms with E-state index in [0.717, 1.165) is 19.3 Å². The van der Waals surface area contributed by atoms with E-state index in [1.807, 2.05) is 0 Å². The summed E-state index contributed by atoms with van der Waals surface area (Å²) in [5.41, 5.74) is 0. The Labute approximate surface area is 65.2 Å². The Morgan fingerprint density at radius 3 is 2.82 bits per heavy atom. The smallest absolute Gasteiger partial charge is 0.404 e. The van der Waals surface area contributed by atoms with Crippen molar-refractivity contribution in [1.29, 1.82) is 0 Å². The third kappa shape index (κ3) is 2.08. The van der Waals surface area contributed by atoms with Crippen molar-refractivity contribution in [3.05, 3.63) is 0 Å². The highest BCUT2D eigenvalue weighted by atomic mass is 16.4. The van der Waals surface area contributed by atoms with E-state index in [1.165, 1.54) is 0 Å². The molecule has 0 unspecified atom stereocenters. The van der Waals surface area contributed by atoms with E-state index in [2.05, 4.69) is 5.32 Å². The van der Waals surface area contributed by atoms with E-state index >= 15 is 0 Å². The second kappa shape index (κ2) is 3.57. The molecule has 1 rings (SSSR count). The van der Waals surface area contributed by atoms with Gasteiger partial charge in [-0.2, -0.15) is 0 Å². The topological polar surface area (TPSA) is 69.6 Å². The van der Waals surface area contributed by atoms with Crippen molar-refractivity contribution >= 4 is 6.09 Å². The molecule has 11 heavy (non-hydrogen) atoms. The first kappa shape index (κ1) is 8.33. The van der Waals surface area contributed by atoms with Crippen molar-refractivity contribution in [2.24, 2.45) is 5.92 Å². The first-order valence-electron chi connectivity index (χ1n) is 3.84. The number of carbonyl (C=O) groups is 1. The minimum absolute atomic E-state index is 0.0301. The van der Waals surface area contributed by atoms with Crippen LogP contribution < -0.4 is 5.32 Å². The number of aliphatic hydroxyl groups is 1. The van der Waals surface area contributed by atoms with Gasteiger partial charge in [0.15, 0.2) is 0 Å². The molecule has 2 atom stereocenters. The minimum atomic E-state index is -0.990. The lowest BCUT2D eigenvalue weighted by Gasteiger charge is -2.16. The van der Waals surface area contributed by atoms with Crippen LogP contribution in [0, 0.1) is 5.92 Å². The normalized spacial score (nSPS) is 30.3. The highest BCUT2D eigenvalue weighted by molar-refractivity contribution is 5.64. The van der Waals surface area contributed by atoms with Crippen molar-refractivity contribution in [3.63, 3.8) is 0 Å². The van der Waals surface area contributed by atoms with Crippen molar-refractivity contribution in [2.45, 2.75) is 25.3 Å². The van der Waals surface area contributed by atoms with E-state index in [9.17, 15) is 4.79 Å². The predicted octanol–water partition coefficient (Wildman–Crippen LogP) is 0.415. The van der Waals surface area contributed by atoms with Gasteiger partial charge in [-0.05, 0) is 12.8 Å². The van der Waals surface area contributed by atoms with Crippen LogP contribution in [0.3, 0.4) is 0 Å². The number of aliphatic hydroxyl groups excluding tert-OH is 1. The van der Waals surface area contributed by atoms with Crippen LogP contribution in [0.2, 0.25) is 0 Å². The molecule has 1 saturated carbocycles. The standard InChI is InChI=1S/C7H13NO3/c9-4-5-2-1-3-6(5)8-7(10)11/h5-6,8-9H,1-4H2,(H,10,11)/t5-,6+/m1/s1. The molecule has 0 radical (unpaired) electrons. The second-order valence-corrected chi connectivity index (χ2v) is 2.93. The summed E-state index contributed by atoms with van der Waals surface area (Å²) < 4.78 is 0. The third-order valence-electron chi connectivity index (χ3n) is 2.20. The lowest BCUT2D eigenvalue weighted by atomic mass is 10.1. The maximum Gasteiger partial charge on any atom is 0.404 e. The van der Waals surface area contributed by atoms with Gasteiger partial charge >= 0.3 is 6.09 Å². The summed E-state index contributed by atoms with van der Waals surface area (Å²) in [6, 6.07) is -0.0301. The summed E-state index contributed by atoms with van der Waals surface area (Å²) in [4.78, 5) is 10.2.